The minimum atomic E-state index is -0.522. The second-order valence-corrected chi connectivity index (χ2v) is 4.18. The summed E-state index contributed by atoms with van der Waals surface area (Å²) in [6, 6.07) is 7.49. The molecule has 1 heterocycles. The van der Waals surface area contributed by atoms with Crippen molar-refractivity contribution in [2.75, 3.05) is 6.61 Å². The summed E-state index contributed by atoms with van der Waals surface area (Å²) < 4.78 is 23.9. The molecule has 3 nitrogen and oxygen atoms in total. The Morgan fingerprint density at radius 2 is 2.24 bits per heavy atom. The Balaban J connectivity index is 2.01. The Morgan fingerprint density at radius 3 is 2.88 bits per heavy atom. The van der Waals surface area contributed by atoms with E-state index in [1.54, 1.807) is 12.1 Å². The highest BCUT2D eigenvalue weighted by Gasteiger charge is 2.11. The van der Waals surface area contributed by atoms with Crippen LogP contribution in [0.5, 0.6) is 5.75 Å². The van der Waals surface area contributed by atoms with Crippen molar-refractivity contribution < 1.29 is 18.3 Å². The third-order valence-electron chi connectivity index (χ3n) is 2.05. The monoisotopic (exact) mass is 298 g/mol. The minimum absolute atomic E-state index is 0.0353. The van der Waals surface area contributed by atoms with Crippen LogP contribution < -0.4 is 4.74 Å². The molecular formula is C12H8BrFO3. The molecule has 0 aliphatic rings. The zero-order chi connectivity index (χ0) is 12.3. The van der Waals surface area contributed by atoms with Gasteiger partial charge in [0.15, 0.2) is 23.9 Å². The summed E-state index contributed by atoms with van der Waals surface area (Å²) in [7, 11) is 0. The van der Waals surface area contributed by atoms with E-state index in [2.05, 4.69) is 15.9 Å². The van der Waals surface area contributed by atoms with E-state index < -0.39 is 5.82 Å². The number of ether oxygens (including phenoxy) is 1. The second-order valence-electron chi connectivity index (χ2n) is 3.26. The van der Waals surface area contributed by atoms with Crippen molar-refractivity contribution in [3.8, 4) is 5.75 Å². The van der Waals surface area contributed by atoms with Crippen molar-refractivity contribution in [1.82, 2.24) is 0 Å². The minimum Gasteiger partial charge on any atom is -0.482 e. The molecule has 0 saturated heterocycles. The number of hydrogen-bond donors (Lipinski definition) is 0. The zero-order valence-corrected chi connectivity index (χ0v) is 10.2. The van der Waals surface area contributed by atoms with Crippen molar-refractivity contribution in [3.05, 3.63) is 52.6 Å². The molecule has 0 radical (unpaired) electrons. The van der Waals surface area contributed by atoms with Gasteiger partial charge in [0.1, 0.15) is 0 Å². The summed E-state index contributed by atoms with van der Waals surface area (Å²) in [4.78, 5) is 11.5. The number of carbonyl (C=O) groups is 1. The maximum absolute atomic E-state index is 13.4. The number of Topliss-reactive ketones (excluding diaryl/α,β-unsaturated/α-hetero) is 1. The van der Waals surface area contributed by atoms with Gasteiger partial charge >= 0.3 is 0 Å². The molecular weight excluding hydrogens is 291 g/mol. The van der Waals surface area contributed by atoms with Gasteiger partial charge in [-0.3, -0.25) is 4.79 Å². The zero-order valence-electron chi connectivity index (χ0n) is 8.65. The topological polar surface area (TPSA) is 39.4 Å². The van der Waals surface area contributed by atoms with E-state index in [1.807, 2.05) is 0 Å². The van der Waals surface area contributed by atoms with E-state index in [0.717, 1.165) is 0 Å². The van der Waals surface area contributed by atoms with Crippen LogP contribution in [0.1, 0.15) is 10.6 Å². The largest absolute Gasteiger partial charge is 0.482 e. The average Bonchev–Trinajstić information content (AvgIpc) is 2.81. The lowest BCUT2D eigenvalue weighted by molar-refractivity contribution is 0.0891. The average molecular weight is 299 g/mol. The van der Waals surface area contributed by atoms with Crippen LogP contribution in [0.25, 0.3) is 0 Å². The number of ketones is 1. The maximum atomic E-state index is 13.4. The third kappa shape index (κ3) is 2.94. The maximum Gasteiger partial charge on any atom is 0.235 e. The van der Waals surface area contributed by atoms with Gasteiger partial charge in [0, 0.05) is 4.47 Å². The standard InChI is InChI=1S/C12H8BrFO3/c13-8-3-4-11(9(14)6-8)17-7-10(15)12-2-1-5-16-12/h1-6H,7H2. The van der Waals surface area contributed by atoms with Crippen molar-refractivity contribution >= 4 is 21.7 Å². The Morgan fingerprint density at radius 1 is 1.41 bits per heavy atom. The number of benzene rings is 1. The molecule has 0 unspecified atom stereocenters. The van der Waals surface area contributed by atoms with Crippen LogP contribution in [0.2, 0.25) is 0 Å². The molecule has 2 rings (SSSR count). The van der Waals surface area contributed by atoms with E-state index in [1.165, 1.54) is 24.5 Å². The van der Waals surface area contributed by atoms with E-state index in [4.69, 9.17) is 9.15 Å². The first-order valence-electron chi connectivity index (χ1n) is 4.81. The predicted molar refractivity (Wildman–Crippen MR) is 62.6 cm³/mol. The normalized spacial score (nSPS) is 10.2. The van der Waals surface area contributed by atoms with Crippen LogP contribution in [0, 0.1) is 5.82 Å². The number of carbonyl (C=O) groups excluding carboxylic acids is 1. The van der Waals surface area contributed by atoms with Gasteiger partial charge in [0.25, 0.3) is 0 Å². The van der Waals surface area contributed by atoms with E-state index in [-0.39, 0.29) is 23.9 Å². The molecule has 0 N–H and O–H groups in total. The molecule has 1 aromatic carbocycles. The molecule has 17 heavy (non-hydrogen) atoms. The first kappa shape index (κ1) is 11.9. The van der Waals surface area contributed by atoms with Crippen molar-refractivity contribution in [2.24, 2.45) is 0 Å². The summed E-state index contributed by atoms with van der Waals surface area (Å²) in [6.45, 7) is -0.258. The first-order valence-corrected chi connectivity index (χ1v) is 5.60. The molecule has 0 fully saturated rings. The van der Waals surface area contributed by atoms with Crippen LogP contribution in [-0.2, 0) is 0 Å². The predicted octanol–water partition coefficient (Wildman–Crippen LogP) is 3.44. The fourth-order valence-electron chi connectivity index (χ4n) is 1.24. The van der Waals surface area contributed by atoms with Crippen LogP contribution in [0.15, 0.2) is 45.5 Å². The Bertz CT molecular complexity index is 523. The molecule has 88 valence electrons. The second kappa shape index (κ2) is 5.14. The van der Waals surface area contributed by atoms with Gasteiger partial charge in [0.05, 0.1) is 6.26 Å². The van der Waals surface area contributed by atoms with Gasteiger partial charge < -0.3 is 9.15 Å². The molecule has 0 bridgehead atoms. The molecule has 0 aliphatic carbocycles. The molecule has 1 aromatic heterocycles. The van der Waals surface area contributed by atoms with Crippen LogP contribution in [0.4, 0.5) is 4.39 Å². The van der Waals surface area contributed by atoms with E-state index in [0.29, 0.717) is 4.47 Å². The molecule has 0 saturated carbocycles. The number of hydrogen-bond acceptors (Lipinski definition) is 3. The number of halogens is 2. The van der Waals surface area contributed by atoms with E-state index >= 15 is 0 Å². The van der Waals surface area contributed by atoms with Gasteiger partial charge in [-0.05, 0) is 30.3 Å². The van der Waals surface area contributed by atoms with Crippen LogP contribution >= 0.6 is 15.9 Å². The highest BCUT2D eigenvalue weighted by Crippen LogP contribution is 2.21. The fraction of sp³-hybridized carbons (Fsp3) is 0.0833. The van der Waals surface area contributed by atoms with Crippen LogP contribution in [0.3, 0.4) is 0 Å². The highest BCUT2D eigenvalue weighted by molar-refractivity contribution is 9.10. The Labute approximate surface area is 105 Å². The van der Waals surface area contributed by atoms with Gasteiger partial charge in [0.2, 0.25) is 5.78 Å². The number of furan rings is 1. The summed E-state index contributed by atoms with van der Waals surface area (Å²) >= 11 is 3.13. The van der Waals surface area contributed by atoms with Gasteiger partial charge in [-0.2, -0.15) is 0 Å². The molecule has 0 atom stereocenters. The van der Waals surface area contributed by atoms with Gasteiger partial charge in [-0.1, -0.05) is 15.9 Å². The lowest BCUT2D eigenvalue weighted by Crippen LogP contribution is -2.11. The SMILES string of the molecule is O=C(COc1ccc(Br)cc1F)c1ccco1. The lowest BCUT2D eigenvalue weighted by Gasteiger charge is -2.05. The number of rotatable bonds is 4. The smallest absolute Gasteiger partial charge is 0.235 e. The van der Waals surface area contributed by atoms with Crippen molar-refractivity contribution in [2.45, 2.75) is 0 Å². The lowest BCUT2D eigenvalue weighted by atomic mass is 10.3. The Kier molecular flexibility index (Phi) is 3.58. The quantitative estimate of drug-likeness (QED) is 0.812. The van der Waals surface area contributed by atoms with Crippen molar-refractivity contribution in [3.63, 3.8) is 0 Å². The summed E-state index contributed by atoms with van der Waals surface area (Å²) in [5.41, 5.74) is 0. The summed E-state index contributed by atoms with van der Waals surface area (Å²) in [6.07, 6.45) is 1.40. The molecule has 0 amide bonds. The molecule has 5 heteroatoms. The highest BCUT2D eigenvalue weighted by atomic mass is 79.9. The third-order valence-corrected chi connectivity index (χ3v) is 2.54. The summed E-state index contributed by atoms with van der Waals surface area (Å²) in [5, 5.41) is 0. The van der Waals surface area contributed by atoms with Gasteiger partial charge in [-0.25, -0.2) is 4.39 Å². The molecule has 0 aliphatic heterocycles. The summed E-state index contributed by atoms with van der Waals surface area (Å²) in [5.74, 6) is -0.625. The van der Waals surface area contributed by atoms with Crippen molar-refractivity contribution in [1.29, 1.82) is 0 Å². The first-order chi connectivity index (χ1) is 8.16. The fourth-order valence-corrected chi connectivity index (χ4v) is 1.58. The van der Waals surface area contributed by atoms with Gasteiger partial charge in [-0.15, -0.1) is 0 Å². The Hall–Kier alpha value is -1.62. The molecule has 0 spiro atoms. The van der Waals surface area contributed by atoms with E-state index in [9.17, 15) is 9.18 Å². The van der Waals surface area contributed by atoms with Crippen LogP contribution in [-0.4, -0.2) is 12.4 Å². The molecule has 2 aromatic rings.